The van der Waals surface area contributed by atoms with Gasteiger partial charge in [-0.2, -0.15) is 0 Å². The summed E-state index contributed by atoms with van der Waals surface area (Å²) >= 11 is 0. The summed E-state index contributed by atoms with van der Waals surface area (Å²) in [6.07, 6.45) is 3.04. The molecule has 0 radical (unpaired) electrons. The Hall–Kier alpha value is -0.0400. The van der Waals surface area contributed by atoms with Gasteiger partial charge in [-0.1, -0.05) is 13.8 Å². The van der Waals surface area contributed by atoms with E-state index in [0.717, 1.165) is 35.5 Å². The van der Waals surface area contributed by atoms with Crippen molar-refractivity contribution in [2.24, 2.45) is 47.3 Å². The highest BCUT2D eigenvalue weighted by Gasteiger charge is 2.75. The molecular formula is C13H20O. The van der Waals surface area contributed by atoms with Crippen molar-refractivity contribution in [1.82, 2.24) is 0 Å². The van der Waals surface area contributed by atoms with Crippen molar-refractivity contribution in [3.8, 4) is 0 Å². The minimum atomic E-state index is 0.00519. The van der Waals surface area contributed by atoms with Crippen molar-refractivity contribution >= 4 is 0 Å². The van der Waals surface area contributed by atoms with Crippen LogP contribution in [0.3, 0.4) is 0 Å². The molecule has 4 saturated carbocycles. The van der Waals surface area contributed by atoms with E-state index in [1.54, 1.807) is 0 Å². The number of rotatable bonds is 2. The second kappa shape index (κ2) is 2.21. The summed E-state index contributed by atoms with van der Waals surface area (Å²) < 4.78 is 0. The first-order valence-corrected chi connectivity index (χ1v) is 6.38. The fourth-order valence-electron chi connectivity index (χ4n) is 5.17. The summed E-state index contributed by atoms with van der Waals surface area (Å²) in [6, 6.07) is 0. The van der Waals surface area contributed by atoms with Gasteiger partial charge in [-0.3, -0.25) is 0 Å². The Morgan fingerprint density at radius 2 is 1.36 bits per heavy atom. The monoisotopic (exact) mass is 192 g/mol. The van der Waals surface area contributed by atoms with Crippen LogP contribution in [0.5, 0.6) is 0 Å². The zero-order valence-electron chi connectivity index (χ0n) is 9.06. The zero-order chi connectivity index (χ0) is 9.61. The van der Waals surface area contributed by atoms with E-state index < -0.39 is 0 Å². The van der Waals surface area contributed by atoms with Crippen molar-refractivity contribution in [3.05, 3.63) is 0 Å². The van der Waals surface area contributed by atoms with Gasteiger partial charge in [0.15, 0.2) is 0 Å². The summed E-state index contributed by atoms with van der Waals surface area (Å²) in [5, 5.41) is 10.3. The van der Waals surface area contributed by atoms with Crippen LogP contribution in [0, 0.1) is 47.3 Å². The Morgan fingerprint density at radius 3 is 1.71 bits per heavy atom. The molecule has 4 aliphatic rings. The minimum absolute atomic E-state index is 0.00519. The summed E-state index contributed by atoms with van der Waals surface area (Å²) in [6.45, 7) is 4.36. The van der Waals surface area contributed by atoms with Crippen LogP contribution >= 0.6 is 0 Å². The molecule has 1 N–H and O–H groups in total. The van der Waals surface area contributed by atoms with E-state index in [1.165, 1.54) is 12.8 Å². The van der Waals surface area contributed by atoms with E-state index >= 15 is 0 Å². The highest BCUT2D eigenvalue weighted by atomic mass is 16.3. The third-order valence-corrected chi connectivity index (χ3v) is 5.73. The van der Waals surface area contributed by atoms with Crippen molar-refractivity contribution in [1.29, 1.82) is 0 Å². The van der Waals surface area contributed by atoms with E-state index in [4.69, 9.17) is 0 Å². The molecule has 0 heterocycles. The van der Waals surface area contributed by atoms with Crippen LogP contribution in [0.1, 0.15) is 26.7 Å². The standard InChI is InChI=1S/C13H20O/c1-5(2)13(14)12-10-6-3-7(6)11(12)9-4-8(9)10/h5-14H,3-4H2,1-2H3/t6?,7?,8?,9?,10?,11?,12?,13-/m0/s1. The number of hydrogen-bond donors (Lipinski definition) is 1. The molecule has 0 saturated heterocycles. The summed E-state index contributed by atoms with van der Waals surface area (Å²) in [5.74, 6) is 7.32. The van der Waals surface area contributed by atoms with Gasteiger partial charge in [0.25, 0.3) is 0 Å². The molecule has 4 fully saturated rings. The van der Waals surface area contributed by atoms with Crippen LogP contribution in [0.2, 0.25) is 0 Å². The van der Waals surface area contributed by atoms with Crippen molar-refractivity contribution in [2.45, 2.75) is 32.8 Å². The minimum Gasteiger partial charge on any atom is -0.393 e. The number of aliphatic hydroxyl groups excluding tert-OH is 1. The van der Waals surface area contributed by atoms with Gasteiger partial charge in [-0.25, -0.2) is 0 Å². The van der Waals surface area contributed by atoms with E-state index in [9.17, 15) is 5.11 Å². The summed E-state index contributed by atoms with van der Waals surface area (Å²) in [4.78, 5) is 0. The van der Waals surface area contributed by atoms with Gasteiger partial charge in [-0.15, -0.1) is 0 Å². The highest BCUT2D eigenvalue weighted by molar-refractivity contribution is 5.23. The first kappa shape index (κ1) is 8.15. The molecule has 0 amide bonds. The second-order valence-electron chi connectivity index (χ2n) is 6.59. The van der Waals surface area contributed by atoms with Crippen LogP contribution in [0.25, 0.3) is 0 Å². The Morgan fingerprint density at radius 1 is 0.929 bits per heavy atom. The molecule has 14 heavy (non-hydrogen) atoms. The van der Waals surface area contributed by atoms with Gasteiger partial charge in [0, 0.05) is 0 Å². The lowest BCUT2D eigenvalue weighted by atomic mass is 9.79. The molecule has 4 rings (SSSR count). The van der Waals surface area contributed by atoms with Gasteiger partial charge in [0.1, 0.15) is 0 Å². The van der Waals surface area contributed by atoms with Gasteiger partial charge in [0.05, 0.1) is 6.10 Å². The third-order valence-electron chi connectivity index (χ3n) is 5.73. The lowest BCUT2D eigenvalue weighted by molar-refractivity contribution is 0.0233. The molecule has 4 aliphatic carbocycles. The quantitative estimate of drug-likeness (QED) is 0.711. The van der Waals surface area contributed by atoms with E-state index in [2.05, 4.69) is 13.8 Å². The van der Waals surface area contributed by atoms with Gasteiger partial charge in [0.2, 0.25) is 0 Å². The second-order valence-corrected chi connectivity index (χ2v) is 6.59. The summed E-state index contributed by atoms with van der Waals surface area (Å²) in [7, 11) is 0. The topological polar surface area (TPSA) is 20.2 Å². The van der Waals surface area contributed by atoms with Gasteiger partial charge in [-0.05, 0) is 60.2 Å². The molecular weight excluding hydrogens is 172 g/mol. The molecule has 78 valence electrons. The zero-order valence-corrected chi connectivity index (χ0v) is 9.06. The molecule has 4 unspecified atom stereocenters. The van der Waals surface area contributed by atoms with E-state index in [1.807, 2.05) is 0 Å². The molecule has 0 aromatic carbocycles. The van der Waals surface area contributed by atoms with E-state index in [-0.39, 0.29) is 6.10 Å². The van der Waals surface area contributed by atoms with Gasteiger partial charge < -0.3 is 5.11 Å². The Kier molecular flexibility index (Phi) is 1.29. The summed E-state index contributed by atoms with van der Waals surface area (Å²) in [5.41, 5.74) is 0. The Balaban J connectivity index is 1.65. The molecule has 0 aliphatic heterocycles. The van der Waals surface area contributed by atoms with Crippen LogP contribution < -0.4 is 0 Å². The average Bonchev–Trinajstić information content (AvgIpc) is 3.04. The molecule has 1 heteroatoms. The molecule has 1 nitrogen and oxygen atoms in total. The maximum atomic E-state index is 10.3. The van der Waals surface area contributed by atoms with Gasteiger partial charge >= 0.3 is 0 Å². The normalized spacial score (nSPS) is 63.9. The van der Waals surface area contributed by atoms with Crippen LogP contribution in [-0.2, 0) is 0 Å². The first-order chi connectivity index (χ1) is 6.70. The molecule has 2 bridgehead atoms. The maximum absolute atomic E-state index is 10.3. The largest absolute Gasteiger partial charge is 0.393 e. The predicted molar refractivity (Wildman–Crippen MR) is 54.5 cm³/mol. The third kappa shape index (κ3) is 0.743. The van der Waals surface area contributed by atoms with Crippen molar-refractivity contribution in [2.75, 3.05) is 0 Å². The Labute approximate surface area is 85.9 Å². The highest BCUT2D eigenvalue weighted by Crippen LogP contribution is 2.80. The van der Waals surface area contributed by atoms with Crippen molar-refractivity contribution in [3.63, 3.8) is 0 Å². The lowest BCUT2D eigenvalue weighted by Gasteiger charge is -2.30. The lowest BCUT2D eigenvalue weighted by Crippen LogP contribution is -2.33. The SMILES string of the molecule is CC(C)[C@H](O)C1C2C3CC3C1C1CC12. The molecule has 0 aromatic rings. The first-order valence-electron chi connectivity index (χ1n) is 6.38. The van der Waals surface area contributed by atoms with E-state index in [0.29, 0.717) is 11.8 Å². The average molecular weight is 192 g/mol. The molecule has 5 atom stereocenters. The number of fused-ring (bicyclic) bond motifs is 8. The van der Waals surface area contributed by atoms with Crippen LogP contribution in [-0.4, -0.2) is 11.2 Å². The Bertz CT molecular complexity index is 247. The number of aliphatic hydroxyl groups is 1. The molecule has 0 aromatic heterocycles. The smallest absolute Gasteiger partial charge is 0.0596 e. The van der Waals surface area contributed by atoms with Crippen LogP contribution in [0.4, 0.5) is 0 Å². The number of hydrogen-bond acceptors (Lipinski definition) is 1. The predicted octanol–water partition coefficient (Wildman–Crippen LogP) is 2.15. The van der Waals surface area contributed by atoms with Crippen LogP contribution in [0.15, 0.2) is 0 Å². The fraction of sp³-hybridized carbons (Fsp3) is 1.00. The van der Waals surface area contributed by atoms with Crippen molar-refractivity contribution < 1.29 is 5.11 Å². The maximum Gasteiger partial charge on any atom is 0.0596 e. The molecule has 0 spiro atoms. The fourth-order valence-corrected chi connectivity index (χ4v) is 5.17.